The number of benzene rings is 1. The van der Waals surface area contributed by atoms with Crippen molar-refractivity contribution in [3.63, 3.8) is 0 Å². The van der Waals surface area contributed by atoms with E-state index in [2.05, 4.69) is 4.74 Å². The Morgan fingerprint density at radius 1 is 1.15 bits per heavy atom. The third-order valence-corrected chi connectivity index (χ3v) is 3.54. The fourth-order valence-corrected chi connectivity index (χ4v) is 2.17. The van der Waals surface area contributed by atoms with Crippen LogP contribution in [0.15, 0.2) is 18.2 Å². The summed E-state index contributed by atoms with van der Waals surface area (Å²) in [6.45, 7) is 0.633. The van der Waals surface area contributed by atoms with Gasteiger partial charge in [-0.1, -0.05) is 11.6 Å². The molecule has 1 amide bonds. The van der Waals surface area contributed by atoms with E-state index < -0.39 is 58.7 Å². The number of anilines is 1. The molecule has 0 aliphatic carbocycles. The van der Waals surface area contributed by atoms with E-state index in [-0.39, 0.29) is 0 Å². The number of amides is 1. The maximum Gasteiger partial charge on any atom is 0.441 e. The molecule has 0 heterocycles. The topological polar surface area (TPSA) is 67.4 Å². The molecule has 152 valence electrons. The summed E-state index contributed by atoms with van der Waals surface area (Å²) in [5, 5.41) is 2.27. The molecule has 0 aliphatic heterocycles. The second-order valence-electron chi connectivity index (χ2n) is 4.96. The molecule has 5 nitrogen and oxygen atoms in total. The first kappa shape index (κ1) is 23.2. The predicted molar refractivity (Wildman–Crippen MR) is 84.4 cm³/mol. The van der Waals surface area contributed by atoms with Gasteiger partial charge in [-0.15, -0.1) is 11.6 Å². The van der Waals surface area contributed by atoms with E-state index in [0.717, 1.165) is 6.07 Å². The molecule has 2 N–H and O–H groups in total. The van der Waals surface area contributed by atoms with Gasteiger partial charge in [-0.05, 0) is 25.1 Å². The number of nitrogens with one attached hydrogen (secondary N) is 2. The summed E-state index contributed by atoms with van der Waals surface area (Å²) in [5.41, 5.74) is -6.76. The molecule has 1 atom stereocenters. The predicted octanol–water partition coefficient (Wildman–Crippen LogP) is 3.95. The Bertz CT molecular complexity index is 711. The standard InChI is InChI=1S/C14H12Cl2F6N2O3/c1-2-27-11(26)12(14(20,21)22,24-10(25)6-15)23-9-4-3-7(16)5-8(9)13(17,18)19/h3-5,23H,2,6H2,1H3,(H,24,25)/t12-/m0/s1. The van der Waals surface area contributed by atoms with E-state index in [1.165, 1.54) is 17.6 Å². The van der Waals surface area contributed by atoms with Crippen molar-refractivity contribution in [3.05, 3.63) is 28.8 Å². The number of rotatable bonds is 6. The molecular weight excluding hydrogens is 429 g/mol. The highest BCUT2D eigenvalue weighted by molar-refractivity contribution is 6.30. The van der Waals surface area contributed by atoms with Gasteiger partial charge in [-0.3, -0.25) is 4.79 Å². The number of halogens is 8. The minimum atomic E-state index is -5.59. The average molecular weight is 441 g/mol. The molecule has 27 heavy (non-hydrogen) atoms. The number of hydrogen-bond acceptors (Lipinski definition) is 4. The van der Waals surface area contributed by atoms with E-state index in [0.29, 0.717) is 12.1 Å². The fourth-order valence-electron chi connectivity index (χ4n) is 1.93. The zero-order valence-corrected chi connectivity index (χ0v) is 14.9. The van der Waals surface area contributed by atoms with Gasteiger partial charge in [-0.2, -0.15) is 26.3 Å². The molecule has 0 saturated carbocycles. The summed E-state index contributed by atoms with van der Waals surface area (Å²) in [6, 6.07) is 1.81. The van der Waals surface area contributed by atoms with Crippen LogP contribution in [-0.2, 0) is 20.5 Å². The molecule has 1 aromatic carbocycles. The largest absolute Gasteiger partial charge is 0.463 e. The van der Waals surface area contributed by atoms with Crippen LogP contribution in [0.2, 0.25) is 5.02 Å². The monoisotopic (exact) mass is 440 g/mol. The molecule has 0 unspecified atom stereocenters. The first-order valence-corrected chi connectivity index (χ1v) is 7.95. The summed E-state index contributed by atoms with van der Waals surface area (Å²) in [6.07, 6.45) is -10.7. The molecule has 1 aromatic rings. The molecule has 1 rings (SSSR count). The fraction of sp³-hybridized carbons (Fsp3) is 0.429. The van der Waals surface area contributed by atoms with Gasteiger partial charge >= 0.3 is 24.0 Å². The third kappa shape index (κ3) is 5.32. The van der Waals surface area contributed by atoms with Gasteiger partial charge in [0.25, 0.3) is 0 Å². The highest BCUT2D eigenvalue weighted by Gasteiger charge is 2.64. The molecule has 0 radical (unpaired) electrons. The maximum atomic E-state index is 13.7. The Hall–Kier alpha value is -1.88. The molecular formula is C14H12Cl2F6N2O3. The van der Waals surface area contributed by atoms with Crippen LogP contribution in [0.1, 0.15) is 12.5 Å². The Balaban J connectivity index is 3.62. The van der Waals surface area contributed by atoms with Crippen molar-refractivity contribution < 1.29 is 40.7 Å². The maximum absolute atomic E-state index is 13.7. The first-order valence-electron chi connectivity index (χ1n) is 7.04. The second-order valence-corrected chi connectivity index (χ2v) is 5.67. The van der Waals surface area contributed by atoms with Crippen molar-refractivity contribution >= 4 is 40.8 Å². The van der Waals surface area contributed by atoms with Crippen LogP contribution >= 0.6 is 23.2 Å². The van der Waals surface area contributed by atoms with E-state index in [1.54, 1.807) is 0 Å². The van der Waals surface area contributed by atoms with Crippen LogP contribution in [-0.4, -0.2) is 36.2 Å². The van der Waals surface area contributed by atoms with Crippen molar-refractivity contribution in [2.45, 2.75) is 24.9 Å². The minimum Gasteiger partial charge on any atom is -0.463 e. The lowest BCUT2D eigenvalue weighted by Gasteiger charge is -2.35. The van der Waals surface area contributed by atoms with Gasteiger partial charge in [0.2, 0.25) is 5.91 Å². The molecule has 0 bridgehead atoms. The quantitative estimate of drug-likeness (QED) is 0.304. The van der Waals surface area contributed by atoms with Gasteiger partial charge < -0.3 is 15.4 Å². The van der Waals surface area contributed by atoms with Crippen LogP contribution < -0.4 is 10.6 Å². The highest BCUT2D eigenvalue weighted by Crippen LogP contribution is 2.40. The molecule has 0 spiro atoms. The van der Waals surface area contributed by atoms with Gasteiger partial charge in [0.1, 0.15) is 5.88 Å². The Kier molecular flexibility index (Phi) is 7.23. The minimum absolute atomic E-state index is 0.361. The number of carbonyl (C=O) groups excluding carboxylic acids is 2. The van der Waals surface area contributed by atoms with Crippen molar-refractivity contribution in [1.29, 1.82) is 0 Å². The number of ether oxygens (including phenoxy) is 1. The van der Waals surface area contributed by atoms with Crippen molar-refractivity contribution in [1.82, 2.24) is 5.32 Å². The van der Waals surface area contributed by atoms with E-state index in [4.69, 9.17) is 23.2 Å². The van der Waals surface area contributed by atoms with E-state index in [9.17, 15) is 35.9 Å². The summed E-state index contributed by atoms with van der Waals surface area (Å²) in [5.74, 6) is -4.54. The molecule has 0 fully saturated rings. The molecule has 0 saturated heterocycles. The Labute approximate surface area is 158 Å². The van der Waals surface area contributed by atoms with Gasteiger partial charge in [-0.25, -0.2) is 4.79 Å². The highest BCUT2D eigenvalue weighted by atomic mass is 35.5. The smallest absolute Gasteiger partial charge is 0.441 e. The number of alkyl halides is 7. The zero-order valence-electron chi connectivity index (χ0n) is 13.4. The van der Waals surface area contributed by atoms with Crippen LogP contribution in [0.5, 0.6) is 0 Å². The van der Waals surface area contributed by atoms with Gasteiger partial charge in [0.05, 0.1) is 12.2 Å². The lowest BCUT2D eigenvalue weighted by Crippen LogP contribution is -2.69. The third-order valence-electron chi connectivity index (χ3n) is 3.06. The van der Waals surface area contributed by atoms with Crippen LogP contribution in [0, 0.1) is 0 Å². The molecule has 0 aromatic heterocycles. The summed E-state index contributed by atoms with van der Waals surface area (Å²) < 4.78 is 85.0. The summed E-state index contributed by atoms with van der Waals surface area (Å²) >= 11 is 10.6. The number of hydrogen-bond donors (Lipinski definition) is 2. The number of carbonyl (C=O) groups is 2. The van der Waals surface area contributed by atoms with Gasteiger partial charge in [0.15, 0.2) is 0 Å². The average Bonchev–Trinajstić information content (AvgIpc) is 2.53. The van der Waals surface area contributed by atoms with Crippen molar-refractivity contribution in [2.24, 2.45) is 0 Å². The van der Waals surface area contributed by atoms with Crippen molar-refractivity contribution in [3.8, 4) is 0 Å². The second kappa shape index (κ2) is 8.42. The molecule has 13 heteroatoms. The first-order chi connectivity index (χ1) is 12.3. The summed E-state index contributed by atoms with van der Waals surface area (Å²) in [4.78, 5) is 23.5. The van der Waals surface area contributed by atoms with Crippen LogP contribution in [0.3, 0.4) is 0 Å². The normalized spacial score (nSPS) is 14.3. The van der Waals surface area contributed by atoms with Crippen LogP contribution in [0.4, 0.5) is 32.0 Å². The van der Waals surface area contributed by atoms with Crippen LogP contribution in [0.25, 0.3) is 0 Å². The number of esters is 1. The Morgan fingerprint density at radius 2 is 1.74 bits per heavy atom. The SMILES string of the molecule is CCOC(=O)[C@@](NC(=O)CCl)(Nc1ccc(Cl)cc1C(F)(F)F)C(F)(F)F. The van der Waals surface area contributed by atoms with Gasteiger partial charge in [0, 0.05) is 10.7 Å². The van der Waals surface area contributed by atoms with Crippen molar-refractivity contribution in [2.75, 3.05) is 17.8 Å². The summed E-state index contributed by atoms with van der Waals surface area (Å²) in [7, 11) is 0. The lowest BCUT2D eigenvalue weighted by molar-refractivity contribution is -0.207. The van der Waals surface area contributed by atoms with E-state index in [1.807, 2.05) is 0 Å². The van der Waals surface area contributed by atoms with E-state index >= 15 is 0 Å². The lowest BCUT2D eigenvalue weighted by atomic mass is 10.1. The Morgan fingerprint density at radius 3 is 2.19 bits per heavy atom. The molecule has 0 aliphatic rings. The zero-order chi connectivity index (χ0) is 21.0.